The molecule has 42 heavy (non-hydrogen) atoms. The van der Waals surface area contributed by atoms with Gasteiger partial charge in [0.2, 0.25) is 11.8 Å². The number of rotatable bonds is 4. The van der Waals surface area contributed by atoms with Crippen LogP contribution in [0.1, 0.15) is 35.7 Å². The number of benzene rings is 4. The fraction of sp³-hybridized carbons (Fsp3) is 0.265. The quantitative estimate of drug-likeness (QED) is 0.365. The molecule has 4 aromatic carbocycles. The van der Waals surface area contributed by atoms with Crippen LogP contribution in [0.15, 0.2) is 84.9 Å². The molecule has 2 bridgehead atoms. The summed E-state index contributed by atoms with van der Waals surface area (Å²) < 4.78 is 11.5. The summed E-state index contributed by atoms with van der Waals surface area (Å²) in [5.74, 6) is 0.393. The van der Waals surface area contributed by atoms with E-state index in [1.54, 1.807) is 38.4 Å². The maximum atomic E-state index is 13.7. The maximum absolute atomic E-state index is 13.7. The molecule has 1 aliphatic rings. The molecule has 1 aliphatic heterocycles. The highest BCUT2D eigenvalue weighted by molar-refractivity contribution is 5.98. The molecule has 0 aromatic heterocycles. The van der Waals surface area contributed by atoms with Crippen molar-refractivity contribution in [3.05, 3.63) is 96.1 Å². The lowest BCUT2D eigenvalue weighted by Gasteiger charge is -2.28. The van der Waals surface area contributed by atoms with E-state index in [0.29, 0.717) is 23.6 Å². The van der Waals surface area contributed by atoms with Crippen LogP contribution in [-0.2, 0) is 16.1 Å². The van der Waals surface area contributed by atoms with Gasteiger partial charge in [0.25, 0.3) is 5.91 Å². The number of hydrogen-bond acceptors (Lipinski definition) is 5. The first-order chi connectivity index (χ1) is 20.3. The second-order valence-electron chi connectivity index (χ2n) is 10.6. The molecule has 8 heteroatoms. The van der Waals surface area contributed by atoms with Gasteiger partial charge >= 0.3 is 0 Å². The van der Waals surface area contributed by atoms with Crippen LogP contribution in [-0.4, -0.2) is 55.5 Å². The molecule has 8 nitrogen and oxygen atoms in total. The fourth-order valence-corrected chi connectivity index (χ4v) is 5.18. The molecule has 5 rings (SSSR count). The van der Waals surface area contributed by atoms with Crippen LogP contribution in [0.5, 0.6) is 11.5 Å². The Hall–Kier alpha value is -4.85. The van der Waals surface area contributed by atoms with Crippen molar-refractivity contribution in [3.63, 3.8) is 0 Å². The van der Waals surface area contributed by atoms with Crippen molar-refractivity contribution >= 4 is 28.5 Å². The molecular weight excluding hydrogens is 530 g/mol. The molecule has 3 amide bonds. The monoisotopic (exact) mass is 565 g/mol. The average Bonchev–Trinajstić information content (AvgIpc) is 3.01. The molecule has 0 fully saturated rings. The topological polar surface area (TPSA) is 97.0 Å². The van der Waals surface area contributed by atoms with Gasteiger partial charge < -0.3 is 25.0 Å². The van der Waals surface area contributed by atoms with Crippen LogP contribution in [0, 0.1) is 0 Å². The van der Waals surface area contributed by atoms with E-state index in [-0.39, 0.29) is 43.2 Å². The second-order valence-corrected chi connectivity index (χ2v) is 10.6. The Balaban J connectivity index is 1.43. The molecule has 4 aromatic rings. The highest BCUT2D eigenvalue weighted by atomic mass is 16.5. The zero-order valence-corrected chi connectivity index (χ0v) is 24.1. The van der Waals surface area contributed by atoms with Gasteiger partial charge in [0, 0.05) is 31.1 Å². The summed E-state index contributed by atoms with van der Waals surface area (Å²) in [6.45, 7) is 2.42. The number of ether oxygens (including phenoxy) is 2. The molecule has 0 radical (unpaired) electrons. The first-order valence-electron chi connectivity index (χ1n) is 14.1. The molecule has 1 heterocycles. The van der Waals surface area contributed by atoms with Crippen LogP contribution in [0.25, 0.3) is 21.9 Å². The minimum Gasteiger partial charge on any atom is -0.497 e. The van der Waals surface area contributed by atoms with Crippen molar-refractivity contribution in [2.45, 2.75) is 38.4 Å². The van der Waals surface area contributed by atoms with Gasteiger partial charge in [-0.25, -0.2) is 0 Å². The fourth-order valence-electron chi connectivity index (χ4n) is 5.18. The van der Waals surface area contributed by atoms with Crippen LogP contribution in [0.2, 0.25) is 0 Å². The Morgan fingerprint density at radius 2 is 1.76 bits per heavy atom. The number of hydrogen-bond donors (Lipinski definition) is 2. The lowest BCUT2D eigenvalue weighted by Crippen LogP contribution is -2.48. The van der Waals surface area contributed by atoms with Gasteiger partial charge in [-0.15, -0.1) is 0 Å². The van der Waals surface area contributed by atoms with Crippen molar-refractivity contribution in [2.75, 3.05) is 20.8 Å². The van der Waals surface area contributed by atoms with Gasteiger partial charge in [-0.3, -0.25) is 14.4 Å². The molecule has 2 N–H and O–H groups in total. The van der Waals surface area contributed by atoms with Gasteiger partial charge in [0.05, 0.1) is 13.2 Å². The van der Waals surface area contributed by atoms with Gasteiger partial charge in [-0.1, -0.05) is 48.5 Å². The predicted molar refractivity (Wildman–Crippen MR) is 162 cm³/mol. The second kappa shape index (κ2) is 12.8. The molecule has 2 atom stereocenters. The predicted octanol–water partition coefficient (Wildman–Crippen LogP) is 4.95. The van der Waals surface area contributed by atoms with E-state index in [4.69, 9.17) is 9.47 Å². The first-order valence-corrected chi connectivity index (χ1v) is 14.1. The minimum absolute atomic E-state index is 0.0733. The summed E-state index contributed by atoms with van der Waals surface area (Å²) >= 11 is 0. The molecule has 216 valence electrons. The zero-order valence-electron chi connectivity index (χ0n) is 24.1. The van der Waals surface area contributed by atoms with Crippen molar-refractivity contribution in [1.29, 1.82) is 0 Å². The van der Waals surface area contributed by atoms with Crippen LogP contribution in [0.4, 0.5) is 0 Å². The summed E-state index contributed by atoms with van der Waals surface area (Å²) in [5, 5.41) is 8.13. The molecule has 0 unspecified atom stereocenters. The maximum Gasteiger partial charge on any atom is 0.254 e. The normalized spacial score (nSPS) is 17.7. The standard InChI is InChI=1S/C34H35N3O5/c1-22-21-42-31-15-13-28(41-3)19-29(31)26-9-6-10-27(18-26)34(40)37(2)30(14-16-32(38)36-22)33(39)35-20-23-11-12-24-7-4-5-8-25(24)17-23/h4-13,15,17-19,22,30H,14,16,20-21H2,1-3H3,(H,35,39)(H,36,38)/t22-,30+/m1/s1. The Morgan fingerprint density at radius 3 is 2.57 bits per heavy atom. The number of fused-ring (bicyclic) bond motifs is 5. The van der Waals surface area contributed by atoms with Crippen molar-refractivity contribution in [3.8, 4) is 22.6 Å². The van der Waals surface area contributed by atoms with Crippen LogP contribution >= 0.6 is 0 Å². The Bertz CT molecular complexity index is 1620. The third-order valence-corrected chi connectivity index (χ3v) is 7.52. The van der Waals surface area contributed by atoms with E-state index in [1.807, 2.05) is 67.6 Å². The highest BCUT2D eigenvalue weighted by Crippen LogP contribution is 2.34. The van der Waals surface area contributed by atoms with Crippen LogP contribution in [0.3, 0.4) is 0 Å². The van der Waals surface area contributed by atoms with Gasteiger partial charge in [0.15, 0.2) is 0 Å². The number of nitrogens with one attached hydrogen (secondary N) is 2. The third-order valence-electron chi connectivity index (χ3n) is 7.52. The summed E-state index contributed by atoms with van der Waals surface area (Å²) in [6.07, 6.45) is 0.242. The van der Waals surface area contributed by atoms with Crippen molar-refractivity contribution in [1.82, 2.24) is 15.5 Å². The van der Waals surface area contributed by atoms with E-state index in [0.717, 1.165) is 27.5 Å². The lowest BCUT2D eigenvalue weighted by molar-refractivity contribution is -0.126. The first kappa shape index (κ1) is 28.7. The Morgan fingerprint density at radius 1 is 0.976 bits per heavy atom. The Kier molecular flexibility index (Phi) is 8.71. The molecule has 0 aliphatic carbocycles. The highest BCUT2D eigenvalue weighted by Gasteiger charge is 2.29. The van der Waals surface area contributed by atoms with Gasteiger partial charge in [-0.2, -0.15) is 0 Å². The smallest absolute Gasteiger partial charge is 0.254 e. The lowest BCUT2D eigenvalue weighted by atomic mass is 10.0. The third kappa shape index (κ3) is 6.54. The van der Waals surface area contributed by atoms with Gasteiger partial charge in [-0.05, 0) is 71.6 Å². The summed E-state index contributed by atoms with van der Waals surface area (Å²) in [5.41, 5.74) is 2.89. The number of methoxy groups -OCH3 is 1. The van der Waals surface area contributed by atoms with Crippen LogP contribution < -0.4 is 20.1 Å². The SMILES string of the molecule is COc1ccc2c(c1)-c1cccc(c1)C(=O)N(C)[C@H](C(=O)NCc1ccc3ccccc3c1)CCC(=O)N[C@H](C)CO2. The molecule has 0 saturated heterocycles. The molecule has 0 saturated carbocycles. The minimum atomic E-state index is -0.851. The average molecular weight is 566 g/mol. The number of likely N-dealkylation sites (N-methyl/N-ethyl adjacent to an activating group) is 1. The van der Waals surface area contributed by atoms with Crippen molar-refractivity contribution in [2.24, 2.45) is 0 Å². The molecule has 0 spiro atoms. The summed E-state index contributed by atoms with van der Waals surface area (Å²) in [6, 6.07) is 25.6. The Labute approximate surface area is 245 Å². The summed E-state index contributed by atoms with van der Waals surface area (Å²) in [7, 11) is 3.20. The number of amides is 3. The van der Waals surface area contributed by atoms with E-state index in [9.17, 15) is 14.4 Å². The van der Waals surface area contributed by atoms with E-state index in [1.165, 1.54) is 4.90 Å². The number of carbonyl (C=O) groups excluding carboxylic acids is 3. The summed E-state index contributed by atoms with van der Waals surface area (Å²) in [4.78, 5) is 41.6. The number of carbonyl (C=O) groups is 3. The zero-order chi connectivity index (χ0) is 29.6. The van der Waals surface area contributed by atoms with E-state index >= 15 is 0 Å². The largest absolute Gasteiger partial charge is 0.497 e. The van der Waals surface area contributed by atoms with Gasteiger partial charge in [0.1, 0.15) is 24.1 Å². The van der Waals surface area contributed by atoms with E-state index in [2.05, 4.69) is 10.6 Å². The van der Waals surface area contributed by atoms with Crippen molar-refractivity contribution < 1.29 is 23.9 Å². The van der Waals surface area contributed by atoms with E-state index < -0.39 is 6.04 Å². The number of nitrogens with zero attached hydrogens (tertiary/aromatic N) is 1. The molecular formula is C34H35N3O5.